The van der Waals surface area contributed by atoms with Crippen molar-refractivity contribution in [3.63, 3.8) is 0 Å². The van der Waals surface area contributed by atoms with Crippen molar-refractivity contribution in [2.75, 3.05) is 10.2 Å². The van der Waals surface area contributed by atoms with Crippen LogP contribution < -0.4 is 10.2 Å². The summed E-state index contributed by atoms with van der Waals surface area (Å²) in [6, 6.07) is 22.6. The summed E-state index contributed by atoms with van der Waals surface area (Å²) >= 11 is 0. The SMILES string of the molecule is Cc1ccc(NC2=C(c3ccc(C)c(C)c3)C(=O)N(c3ccccc3)C2=O)cc1. The molecule has 0 radical (unpaired) electrons. The fourth-order valence-electron chi connectivity index (χ4n) is 3.40. The minimum absolute atomic E-state index is 0.297. The van der Waals surface area contributed by atoms with E-state index in [1.54, 1.807) is 12.1 Å². The Morgan fingerprint density at radius 2 is 1.41 bits per heavy atom. The zero-order valence-electron chi connectivity index (χ0n) is 16.7. The van der Waals surface area contributed by atoms with Crippen molar-refractivity contribution in [1.82, 2.24) is 0 Å². The quantitative estimate of drug-likeness (QED) is 0.646. The lowest BCUT2D eigenvalue weighted by Gasteiger charge is -2.15. The molecule has 0 spiro atoms. The Hall–Kier alpha value is -3.66. The standard InChI is InChI=1S/C25H22N2O2/c1-16-9-13-20(14-10-16)26-23-22(19-12-11-17(2)18(3)15-19)24(28)27(25(23)29)21-7-5-4-6-8-21/h4-15,26H,1-3H3. The molecule has 29 heavy (non-hydrogen) atoms. The molecular formula is C25H22N2O2. The van der Waals surface area contributed by atoms with Crippen LogP contribution in [0.15, 0.2) is 78.5 Å². The maximum absolute atomic E-state index is 13.4. The van der Waals surface area contributed by atoms with Gasteiger partial charge in [-0.2, -0.15) is 0 Å². The van der Waals surface area contributed by atoms with Crippen LogP contribution in [-0.2, 0) is 9.59 Å². The number of hydrogen-bond donors (Lipinski definition) is 1. The lowest BCUT2D eigenvalue weighted by molar-refractivity contribution is -0.120. The summed E-state index contributed by atoms with van der Waals surface area (Å²) in [4.78, 5) is 27.9. The van der Waals surface area contributed by atoms with Crippen LogP contribution in [0.2, 0.25) is 0 Å². The Bertz CT molecular complexity index is 1130. The molecule has 1 N–H and O–H groups in total. The first-order valence-electron chi connectivity index (χ1n) is 9.55. The monoisotopic (exact) mass is 382 g/mol. The highest BCUT2D eigenvalue weighted by Crippen LogP contribution is 2.34. The highest BCUT2D eigenvalue weighted by atomic mass is 16.2. The number of anilines is 2. The molecule has 3 aromatic carbocycles. The average Bonchev–Trinajstić information content (AvgIpc) is 2.96. The van der Waals surface area contributed by atoms with E-state index in [0.29, 0.717) is 17.0 Å². The maximum atomic E-state index is 13.4. The molecule has 144 valence electrons. The first-order chi connectivity index (χ1) is 14.0. The highest BCUT2D eigenvalue weighted by molar-refractivity contribution is 6.46. The molecule has 4 heteroatoms. The molecule has 0 aromatic heterocycles. The number of amides is 2. The molecule has 0 saturated heterocycles. The van der Waals surface area contributed by atoms with Gasteiger partial charge >= 0.3 is 0 Å². The van der Waals surface area contributed by atoms with Crippen molar-refractivity contribution >= 4 is 28.8 Å². The molecule has 0 aliphatic carbocycles. The predicted molar refractivity (Wildman–Crippen MR) is 117 cm³/mol. The van der Waals surface area contributed by atoms with Gasteiger partial charge in [0.1, 0.15) is 5.70 Å². The number of hydrogen-bond acceptors (Lipinski definition) is 3. The molecular weight excluding hydrogens is 360 g/mol. The smallest absolute Gasteiger partial charge is 0.282 e. The molecule has 3 aromatic rings. The average molecular weight is 382 g/mol. The molecule has 0 saturated carbocycles. The van der Waals surface area contributed by atoms with Gasteiger partial charge in [0.2, 0.25) is 0 Å². The van der Waals surface area contributed by atoms with Gasteiger partial charge in [-0.05, 0) is 61.7 Å². The maximum Gasteiger partial charge on any atom is 0.282 e. The van der Waals surface area contributed by atoms with Crippen molar-refractivity contribution in [2.45, 2.75) is 20.8 Å². The van der Waals surface area contributed by atoms with E-state index in [-0.39, 0.29) is 11.8 Å². The summed E-state index contributed by atoms with van der Waals surface area (Å²) in [6.07, 6.45) is 0. The van der Waals surface area contributed by atoms with E-state index in [2.05, 4.69) is 5.32 Å². The van der Waals surface area contributed by atoms with Gasteiger partial charge in [0.15, 0.2) is 0 Å². The molecule has 1 aliphatic rings. The van der Waals surface area contributed by atoms with E-state index in [1.165, 1.54) is 4.90 Å². The number of para-hydroxylation sites is 1. The Morgan fingerprint density at radius 1 is 0.724 bits per heavy atom. The molecule has 2 amide bonds. The molecule has 1 heterocycles. The summed E-state index contributed by atoms with van der Waals surface area (Å²) in [5.74, 6) is -0.672. The molecule has 0 bridgehead atoms. The van der Waals surface area contributed by atoms with E-state index < -0.39 is 0 Å². The first kappa shape index (κ1) is 18.7. The van der Waals surface area contributed by atoms with Crippen molar-refractivity contribution in [1.29, 1.82) is 0 Å². The van der Waals surface area contributed by atoms with Crippen molar-refractivity contribution in [3.05, 3.63) is 101 Å². The number of rotatable bonds is 4. The molecule has 0 atom stereocenters. The molecule has 4 nitrogen and oxygen atoms in total. The fourth-order valence-corrected chi connectivity index (χ4v) is 3.40. The summed E-state index contributed by atoms with van der Waals surface area (Å²) < 4.78 is 0. The van der Waals surface area contributed by atoms with Crippen LogP contribution in [0.5, 0.6) is 0 Å². The second kappa shape index (κ2) is 7.40. The van der Waals surface area contributed by atoms with Gasteiger partial charge in [-0.1, -0.05) is 54.1 Å². The lowest BCUT2D eigenvalue weighted by atomic mass is 9.99. The first-order valence-corrected chi connectivity index (χ1v) is 9.55. The number of nitrogens with zero attached hydrogens (tertiary/aromatic N) is 1. The van der Waals surface area contributed by atoms with Crippen LogP contribution in [0.25, 0.3) is 5.57 Å². The van der Waals surface area contributed by atoms with Crippen molar-refractivity contribution in [2.24, 2.45) is 0 Å². The minimum Gasteiger partial charge on any atom is -0.350 e. The fraction of sp³-hybridized carbons (Fsp3) is 0.120. The van der Waals surface area contributed by atoms with E-state index in [1.807, 2.05) is 81.4 Å². The zero-order chi connectivity index (χ0) is 20.5. The number of nitrogens with one attached hydrogen (secondary N) is 1. The van der Waals surface area contributed by atoms with Crippen LogP contribution in [0.1, 0.15) is 22.3 Å². The van der Waals surface area contributed by atoms with Crippen LogP contribution in [0.4, 0.5) is 11.4 Å². The van der Waals surface area contributed by atoms with Gasteiger partial charge in [-0.15, -0.1) is 0 Å². The van der Waals surface area contributed by atoms with Gasteiger partial charge in [-0.25, -0.2) is 4.90 Å². The van der Waals surface area contributed by atoms with Gasteiger partial charge in [0.05, 0.1) is 11.3 Å². The van der Waals surface area contributed by atoms with Gasteiger partial charge < -0.3 is 5.32 Å². The molecule has 0 fully saturated rings. The Kier molecular flexibility index (Phi) is 4.77. The number of imide groups is 1. The van der Waals surface area contributed by atoms with E-state index >= 15 is 0 Å². The highest BCUT2D eigenvalue weighted by Gasteiger charge is 2.40. The number of carbonyl (C=O) groups excluding carboxylic acids is 2. The number of aryl methyl sites for hydroxylation is 3. The van der Waals surface area contributed by atoms with Crippen molar-refractivity contribution < 1.29 is 9.59 Å². The summed E-state index contributed by atoms with van der Waals surface area (Å²) in [5.41, 5.74) is 6.08. The van der Waals surface area contributed by atoms with E-state index in [4.69, 9.17) is 0 Å². The third-order valence-electron chi connectivity index (χ3n) is 5.21. The lowest BCUT2D eigenvalue weighted by Crippen LogP contribution is -2.32. The predicted octanol–water partition coefficient (Wildman–Crippen LogP) is 5.01. The Balaban J connectivity index is 1.84. The Morgan fingerprint density at radius 3 is 2.07 bits per heavy atom. The van der Waals surface area contributed by atoms with Gasteiger partial charge in [-0.3, -0.25) is 9.59 Å². The number of carbonyl (C=O) groups is 2. The second-order valence-corrected chi connectivity index (χ2v) is 7.32. The van der Waals surface area contributed by atoms with E-state index in [9.17, 15) is 9.59 Å². The minimum atomic E-state index is -0.352. The summed E-state index contributed by atoms with van der Waals surface area (Å²) in [6.45, 7) is 6.03. The third kappa shape index (κ3) is 3.45. The Labute approximate surface area is 170 Å². The van der Waals surface area contributed by atoms with Crippen LogP contribution >= 0.6 is 0 Å². The topological polar surface area (TPSA) is 49.4 Å². The van der Waals surface area contributed by atoms with Crippen LogP contribution in [0.3, 0.4) is 0 Å². The zero-order valence-corrected chi connectivity index (χ0v) is 16.7. The van der Waals surface area contributed by atoms with Gasteiger partial charge in [0.25, 0.3) is 11.8 Å². The van der Waals surface area contributed by atoms with Crippen LogP contribution in [-0.4, -0.2) is 11.8 Å². The second-order valence-electron chi connectivity index (χ2n) is 7.32. The largest absolute Gasteiger partial charge is 0.350 e. The summed E-state index contributed by atoms with van der Waals surface area (Å²) in [5, 5.41) is 3.20. The molecule has 1 aliphatic heterocycles. The normalized spacial score (nSPS) is 14.0. The number of benzene rings is 3. The van der Waals surface area contributed by atoms with Crippen molar-refractivity contribution in [3.8, 4) is 0 Å². The molecule has 0 unspecified atom stereocenters. The van der Waals surface area contributed by atoms with Gasteiger partial charge in [0, 0.05) is 5.69 Å². The van der Waals surface area contributed by atoms with E-state index in [0.717, 1.165) is 27.9 Å². The molecule has 4 rings (SSSR count). The van der Waals surface area contributed by atoms with Crippen LogP contribution in [0, 0.1) is 20.8 Å². The summed E-state index contributed by atoms with van der Waals surface area (Å²) in [7, 11) is 0. The third-order valence-corrected chi connectivity index (χ3v) is 5.21.